The third-order valence-electron chi connectivity index (χ3n) is 2.34. The van der Waals surface area contributed by atoms with E-state index in [1.165, 1.54) is 0 Å². The van der Waals surface area contributed by atoms with Crippen LogP contribution in [0.1, 0.15) is 13.8 Å². The molecular weight excluding hydrogens is 216 g/mol. The van der Waals surface area contributed by atoms with Crippen LogP contribution < -0.4 is 10.6 Å². The Bertz CT molecular complexity index is 327. The van der Waals surface area contributed by atoms with Crippen LogP contribution in [-0.2, 0) is 9.53 Å². The van der Waals surface area contributed by atoms with Crippen molar-refractivity contribution in [2.24, 2.45) is 0 Å². The Morgan fingerprint density at radius 1 is 1.35 bits per heavy atom. The third kappa shape index (κ3) is 5.47. The lowest BCUT2D eigenvalue weighted by atomic mass is 10.2. The molecule has 0 saturated heterocycles. The molecule has 1 amide bonds. The first-order chi connectivity index (χ1) is 8.24. The van der Waals surface area contributed by atoms with Gasteiger partial charge in [0, 0.05) is 18.8 Å². The monoisotopic (exact) mass is 236 g/mol. The van der Waals surface area contributed by atoms with Gasteiger partial charge >= 0.3 is 0 Å². The minimum absolute atomic E-state index is 0.0345. The standard InChI is InChI=1S/C13H20N2O2/c1-3-17-10-9-14-11(2)13(16)15-12-7-5-4-6-8-12/h4-8,11,14H,3,9-10H2,1-2H3,(H,15,16). The van der Waals surface area contributed by atoms with E-state index in [-0.39, 0.29) is 11.9 Å². The highest BCUT2D eigenvalue weighted by Crippen LogP contribution is 2.05. The van der Waals surface area contributed by atoms with Crippen molar-refractivity contribution in [1.82, 2.24) is 5.32 Å². The number of carbonyl (C=O) groups excluding carboxylic acids is 1. The molecule has 1 rings (SSSR count). The molecule has 2 N–H and O–H groups in total. The average molecular weight is 236 g/mol. The molecule has 1 unspecified atom stereocenters. The highest BCUT2D eigenvalue weighted by Gasteiger charge is 2.11. The van der Waals surface area contributed by atoms with E-state index in [2.05, 4.69) is 10.6 Å². The Labute approximate surface area is 102 Å². The maximum Gasteiger partial charge on any atom is 0.241 e. The van der Waals surface area contributed by atoms with E-state index in [0.29, 0.717) is 19.8 Å². The first-order valence-corrected chi connectivity index (χ1v) is 5.91. The number of carbonyl (C=O) groups is 1. The molecule has 1 atom stereocenters. The van der Waals surface area contributed by atoms with Crippen molar-refractivity contribution in [2.45, 2.75) is 19.9 Å². The average Bonchev–Trinajstić information content (AvgIpc) is 2.35. The van der Waals surface area contributed by atoms with Gasteiger partial charge in [-0.2, -0.15) is 0 Å². The minimum Gasteiger partial charge on any atom is -0.380 e. The van der Waals surface area contributed by atoms with Crippen LogP contribution in [0.2, 0.25) is 0 Å². The van der Waals surface area contributed by atoms with Gasteiger partial charge in [-0.25, -0.2) is 0 Å². The lowest BCUT2D eigenvalue weighted by molar-refractivity contribution is -0.117. The van der Waals surface area contributed by atoms with Crippen molar-refractivity contribution < 1.29 is 9.53 Å². The quantitative estimate of drug-likeness (QED) is 0.708. The van der Waals surface area contributed by atoms with Crippen LogP contribution in [0.25, 0.3) is 0 Å². The molecule has 0 heterocycles. The topological polar surface area (TPSA) is 50.4 Å². The second-order valence-electron chi connectivity index (χ2n) is 3.73. The SMILES string of the molecule is CCOCCNC(C)C(=O)Nc1ccccc1. The van der Waals surface area contributed by atoms with Crippen LogP contribution in [0.5, 0.6) is 0 Å². The Morgan fingerprint density at radius 2 is 2.06 bits per heavy atom. The number of benzene rings is 1. The fourth-order valence-corrected chi connectivity index (χ4v) is 1.36. The van der Waals surface area contributed by atoms with Crippen LogP contribution in [0.3, 0.4) is 0 Å². The zero-order chi connectivity index (χ0) is 12.5. The molecule has 0 spiro atoms. The minimum atomic E-state index is -0.226. The summed E-state index contributed by atoms with van der Waals surface area (Å²) in [4.78, 5) is 11.8. The Balaban J connectivity index is 2.27. The van der Waals surface area contributed by atoms with Gasteiger partial charge in [0.1, 0.15) is 0 Å². The van der Waals surface area contributed by atoms with Crippen molar-refractivity contribution in [1.29, 1.82) is 0 Å². The summed E-state index contributed by atoms with van der Waals surface area (Å²) in [6.45, 7) is 5.79. The summed E-state index contributed by atoms with van der Waals surface area (Å²) in [5.41, 5.74) is 0.816. The molecule has 0 radical (unpaired) electrons. The fraction of sp³-hybridized carbons (Fsp3) is 0.462. The van der Waals surface area contributed by atoms with Crippen molar-refractivity contribution in [3.05, 3.63) is 30.3 Å². The van der Waals surface area contributed by atoms with Gasteiger partial charge in [0.05, 0.1) is 12.6 Å². The van der Waals surface area contributed by atoms with E-state index in [1.54, 1.807) is 0 Å². The Hall–Kier alpha value is -1.39. The summed E-state index contributed by atoms with van der Waals surface area (Å²) in [6.07, 6.45) is 0. The highest BCUT2D eigenvalue weighted by atomic mass is 16.5. The number of para-hydroxylation sites is 1. The second-order valence-corrected chi connectivity index (χ2v) is 3.73. The van der Waals surface area contributed by atoms with E-state index in [0.717, 1.165) is 5.69 Å². The molecule has 1 aromatic rings. The molecule has 4 nitrogen and oxygen atoms in total. The molecular formula is C13H20N2O2. The number of rotatable bonds is 7. The summed E-state index contributed by atoms with van der Waals surface area (Å²) < 4.78 is 5.19. The summed E-state index contributed by atoms with van der Waals surface area (Å²) in [6, 6.07) is 9.20. The maximum absolute atomic E-state index is 11.8. The predicted molar refractivity (Wildman–Crippen MR) is 69.0 cm³/mol. The molecule has 0 fully saturated rings. The van der Waals surface area contributed by atoms with E-state index < -0.39 is 0 Å². The predicted octanol–water partition coefficient (Wildman–Crippen LogP) is 1.64. The highest BCUT2D eigenvalue weighted by molar-refractivity contribution is 5.94. The van der Waals surface area contributed by atoms with Gasteiger partial charge in [-0.1, -0.05) is 18.2 Å². The van der Waals surface area contributed by atoms with E-state index >= 15 is 0 Å². The van der Waals surface area contributed by atoms with Crippen LogP contribution in [0.15, 0.2) is 30.3 Å². The van der Waals surface area contributed by atoms with Crippen molar-refractivity contribution in [3.8, 4) is 0 Å². The molecule has 17 heavy (non-hydrogen) atoms. The van der Waals surface area contributed by atoms with E-state index in [9.17, 15) is 4.79 Å². The molecule has 94 valence electrons. The number of amides is 1. The number of hydrogen-bond acceptors (Lipinski definition) is 3. The van der Waals surface area contributed by atoms with Gasteiger partial charge in [0.25, 0.3) is 0 Å². The second kappa shape index (κ2) is 7.81. The first-order valence-electron chi connectivity index (χ1n) is 5.91. The summed E-state index contributed by atoms with van der Waals surface area (Å²) in [5.74, 6) is -0.0345. The number of ether oxygens (including phenoxy) is 1. The van der Waals surface area contributed by atoms with Gasteiger partial charge < -0.3 is 15.4 Å². The summed E-state index contributed by atoms with van der Waals surface area (Å²) >= 11 is 0. The van der Waals surface area contributed by atoms with Gasteiger partial charge in [0.2, 0.25) is 5.91 Å². The number of hydrogen-bond donors (Lipinski definition) is 2. The van der Waals surface area contributed by atoms with Gasteiger partial charge in [-0.15, -0.1) is 0 Å². The molecule has 0 saturated carbocycles. The molecule has 1 aromatic carbocycles. The molecule has 4 heteroatoms. The molecule has 0 aliphatic carbocycles. The fourth-order valence-electron chi connectivity index (χ4n) is 1.36. The van der Waals surface area contributed by atoms with Crippen LogP contribution in [-0.4, -0.2) is 31.7 Å². The van der Waals surface area contributed by atoms with E-state index in [4.69, 9.17) is 4.74 Å². The number of nitrogens with one attached hydrogen (secondary N) is 2. The zero-order valence-electron chi connectivity index (χ0n) is 10.4. The lowest BCUT2D eigenvalue weighted by Gasteiger charge is -2.13. The summed E-state index contributed by atoms with van der Waals surface area (Å²) in [5, 5.41) is 5.94. The van der Waals surface area contributed by atoms with Crippen LogP contribution in [0, 0.1) is 0 Å². The van der Waals surface area contributed by atoms with Crippen LogP contribution in [0.4, 0.5) is 5.69 Å². The van der Waals surface area contributed by atoms with Crippen molar-refractivity contribution in [3.63, 3.8) is 0 Å². The Morgan fingerprint density at radius 3 is 2.71 bits per heavy atom. The first kappa shape index (κ1) is 13.7. The Kier molecular flexibility index (Phi) is 6.29. The lowest BCUT2D eigenvalue weighted by Crippen LogP contribution is -2.39. The van der Waals surface area contributed by atoms with Crippen molar-refractivity contribution in [2.75, 3.05) is 25.1 Å². The van der Waals surface area contributed by atoms with Gasteiger partial charge in [-0.3, -0.25) is 4.79 Å². The molecule has 0 aliphatic rings. The smallest absolute Gasteiger partial charge is 0.241 e. The summed E-state index contributed by atoms with van der Waals surface area (Å²) in [7, 11) is 0. The van der Waals surface area contributed by atoms with Crippen molar-refractivity contribution >= 4 is 11.6 Å². The third-order valence-corrected chi connectivity index (χ3v) is 2.34. The number of anilines is 1. The largest absolute Gasteiger partial charge is 0.380 e. The molecule has 0 aromatic heterocycles. The van der Waals surface area contributed by atoms with Gasteiger partial charge in [0.15, 0.2) is 0 Å². The van der Waals surface area contributed by atoms with Gasteiger partial charge in [-0.05, 0) is 26.0 Å². The maximum atomic E-state index is 11.8. The normalized spacial score (nSPS) is 12.1. The molecule has 0 aliphatic heterocycles. The van der Waals surface area contributed by atoms with Crippen LogP contribution >= 0.6 is 0 Å². The van der Waals surface area contributed by atoms with E-state index in [1.807, 2.05) is 44.2 Å². The zero-order valence-corrected chi connectivity index (χ0v) is 10.4. The molecule has 0 bridgehead atoms.